The van der Waals surface area contributed by atoms with Crippen LogP contribution >= 0.6 is 0 Å². The molecule has 1 aromatic carbocycles. The number of nitrogens with zero attached hydrogens (tertiary/aromatic N) is 3. The van der Waals surface area contributed by atoms with Gasteiger partial charge in [-0.25, -0.2) is 9.97 Å². The number of nitrogens with one attached hydrogen (secondary N) is 1. The Morgan fingerprint density at radius 1 is 1.04 bits per heavy atom. The molecule has 0 radical (unpaired) electrons. The monoisotopic (exact) mass is 358 g/mol. The number of hydrogen-bond acceptors (Lipinski definition) is 5. The summed E-state index contributed by atoms with van der Waals surface area (Å²) in [5.74, 6) is 3.23. The van der Waals surface area contributed by atoms with Gasteiger partial charge < -0.3 is 10.1 Å². The molecule has 3 aromatic rings. The normalized spacial score (nSPS) is 17.7. The lowest BCUT2D eigenvalue weighted by Gasteiger charge is -2.26. The van der Waals surface area contributed by atoms with Crippen molar-refractivity contribution < 1.29 is 4.74 Å². The summed E-state index contributed by atoms with van der Waals surface area (Å²) in [6.07, 6.45) is 7.84. The second-order valence-electron chi connectivity index (χ2n) is 7.16. The van der Waals surface area contributed by atoms with Crippen LogP contribution in [0.3, 0.4) is 0 Å². The van der Waals surface area contributed by atoms with Crippen LogP contribution in [0.4, 0.5) is 5.82 Å². The second kappa shape index (κ2) is 6.99. The minimum atomic E-state index is 0.436. The van der Waals surface area contributed by atoms with E-state index in [9.17, 15) is 0 Å². The number of para-hydroxylation sites is 1. The first kappa shape index (κ1) is 16.2. The Kier molecular flexibility index (Phi) is 4.20. The fourth-order valence-electron chi connectivity index (χ4n) is 4.06. The van der Waals surface area contributed by atoms with E-state index in [2.05, 4.69) is 28.5 Å². The van der Waals surface area contributed by atoms with E-state index in [1.807, 2.05) is 18.2 Å². The first-order valence-electron chi connectivity index (χ1n) is 9.64. The van der Waals surface area contributed by atoms with Gasteiger partial charge in [-0.1, -0.05) is 18.2 Å². The number of pyridine rings is 1. The zero-order valence-corrected chi connectivity index (χ0v) is 15.2. The highest BCUT2D eigenvalue weighted by Gasteiger charge is 2.23. The molecule has 5 nitrogen and oxygen atoms in total. The van der Waals surface area contributed by atoms with E-state index in [0.717, 1.165) is 61.8 Å². The summed E-state index contributed by atoms with van der Waals surface area (Å²) < 4.78 is 5.80. The predicted octanol–water partition coefficient (Wildman–Crippen LogP) is 4.01. The molecule has 0 amide bonds. The topological polar surface area (TPSA) is 59.9 Å². The number of ether oxygens (including phenoxy) is 1. The molecular weight excluding hydrogens is 336 g/mol. The molecule has 0 saturated carbocycles. The van der Waals surface area contributed by atoms with Crippen molar-refractivity contribution >= 4 is 5.82 Å². The fraction of sp³-hybridized carbons (Fsp3) is 0.318. The van der Waals surface area contributed by atoms with Crippen LogP contribution in [0.15, 0.2) is 48.8 Å². The summed E-state index contributed by atoms with van der Waals surface area (Å²) in [5.41, 5.74) is 4.77. The molecular formula is C22H22N4O. The van der Waals surface area contributed by atoms with Gasteiger partial charge in [0.15, 0.2) is 5.82 Å². The Morgan fingerprint density at radius 3 is 2.85 bits per heavy atom. The molecule has 1 N–H and O–H groups in total. The molecule has 2 aromatic heterocycles. The van der Waals surface area contributed by atoms with E-state index in [1.165, 1.54) is 16.8 Å². The van der Waals surface area contributed by atoms with Gasteiger partial charge in [-0.15, -0.1) is 0 Å². The van der Waals surface area contributed by atoms with Gasteiger partial charge in [0.2, 0.25) is 0 Å². The summed E-state index contributed by atoms with van der Waals surface area (Å²) >= 11 is 0. The average Bonchev–Trinajstić information content (AvgIpc) is 3.21. The Balaban J connectivity index is 1.43. The van der Waals surface area contributed by atoms with Crippen LogP contribution in [0.25, 0.3) is 11.4 Å². The van der Waals surface area contributed by atoms with Crippen molar-refractivity contribution in [1.29, 1.82) is 0 Å². The van der Waals surface area contributed by atoms with Crippen LogP contribution in [-0.4, -0.2) is 28.1 Å². The van der Waals surface area contributed by atoms with Gasteiger partial charge >= 0.3 is 0 Å². The molecule has 27 heavy (non-hydrogen) atoms. The molecule has 1 aliphatic heterocycles. The molecule has 0 spiro atoms. The lowest BCUT2D eigenvalue weighted by Crippen LogP contribution is -2.21. The van der Waals surface area contributed by atoms with Crippen LogP contribution in [0.2, 0.25) is 0 Å². The third-order valence-electron chi connectivity index (χ3n) is 5.47. The van der Waals surface area contributed by atoms with Gasteiger partial charge in [0.1, 0.15) is 11.6 Å². The minimum absolute atomic E-state index is 0.436. The maximum Gasteiger partial charge on any atom is 0.161 e. The molecule has 2 aliphatic rings. The third kappa shape index (κ3) is 3.14. The minimum Gasteiger partial charge on any atom is -0.493 e. The third-order valence-corrected chi connectivity index (χ3v) is 5.47. The maximum absolute atomic E-state index is 5.80. The van der Waals surface area contributed by atoms with Crippen LogP contribution < -0.4 is 10.1 Å². The predicted molar refractivity (Wildman–Crippen MR) is 105 cm³/mol. The number of aryl methyl sites for hydroxylation is 1. The first-order valence-corrected chi connectivity index (χ1v) is 9.64. The van der Waals surface area contributed by atoms with E-state index < -0.39 is 0 Å². The van der Waals surface area contributed by atoms with Crippen molar-refractivity contribution in [3.8, 4) is 17.1 Å². The highest BCUT2D eigenvalue weighted by molar-refractivity contribution is 5.60. The number of fused-ring (bicyclic) bond motifs is 2. The quantitative estimate of drug-likeness (QED) is 0.764. The summed E-state index contributed by atoms with van der Waals surface area (Å²) in [6, 6.07) is 12.3. The SMILES string of the molecule is c1ccc2c(c1)OCCC2CNc1nc(-c2ccncc2)nc2c1CCC2. The second-order valence-corrected chi connectivity index (χ2v) is 7.16. The number of benzene rings is 1. The summed E-state index contributed by atoms with van der Waals surface area (Å²) in [4.78, 5) is 13.8. The molecule has 1 unspecified atom stereocenters. The van der Waals surface area contributed by atoms with Gasteiger partial charge in [0.25, 0.3) is 0 Å². The van der Waals surface area contributed by atoms with E-state index >= 15 is 0 Å². The van der Waals surface area contributed by atoms with E-state index in [0.29, 0.717) is 5.92 Å². The zero-order valence-electron chi connectivity index (χ0n) is 15.2. The Bertz CT molecular complexity index is 958. The van der Waals surface area contributed by atoms with Crippen molar-refractivity contribution in [2.24, 2.45) is 0 Å². The molecule has 3 heterocycles. The molecule has 0 saturated heterocycles. The molecule has 0 fully saturated rings. The van der Waals surface area contributed by atoms with Gasteiger partial charge in [-0.3, -0.25) is 4.98 Å². The van der Waals surface area contributed by atoms with Gasteiger partial charge in [0, 0.05) is 41.7 Å². The largest absolute Gasteiger partial charge is 0.493 e. The summed E-state index contributed by atoms with van der Waals surface area (Å²) in [7, 11) is 0. The van der Waals surface area contributed by atoms with Crippen molar-refractivity contribution in [3.63, 3.8) is 0 Å². The van der Waals surface area contributed by atoms with Crippen LogP contribution in [0.5, 0.6) is 5.75 Å². The molecule has 1 atom stereocenters. The highest BCUT2D eigenvalue weighted by Crippen LogP contribution is 2.34. The number of hydrogen-bond donors (Lipinski definition) is 1. The maximum atomic E-state index is 5.80. The number of anilines is 1. The lowest BCUT2D eigenvalue weighted by molar-refractivity contribution is 0.270. The standard InChI is InChI=1S/C22H22N4O/c1-2-7-20-17(4-1)16(10-13-27-20)14-24-22-18-5-3-6-19(18)25-21(26-22)15-8-11-23-12-9-15/h1-2,4,7-9,11-12,16H,3,5-6,10,13-14H2,(H,24,25,26). The first-order chi connectivity index (χ1) is 13.4. The van der Waals surface area contributed by atoms with E-state index in [-0.39, 0.29) is 0 Å². The lowest BCUT2D eigenvalue weighted by atomic mass is 9.93. The molecule has 136 valence electrons. The van der Waals surface area contributed by atoms with Crippen LogP contribution in [0, 0.1) is 0 Å². The molecule has 5 heteroatoms. The Hall–Kier alpha value is -2.95. The Morgan fingerprint density at radius 2 is 1.93 bits per heavy atom. The molecule has 1 aliphatic carbocycles. The van der Waals surface area contributed by atoms with Crippen LogP contribution in [-0.2, 0) is 12.8 Å². The van der Waals surface area contributed by atoms with Gasteiger partial charge in [0.05, 0.1) is 6.61 Å². The smallest absolute Gasteiger partial charge is 0.161 e. The van der Waals surface area contributed by atoms with Crippen molar-refractivity contribution in [2.45, 2.75) is 31.6 Å². The van der Waals surface area contributed by atoms with Crippen molar-refractivity contribution in [2.75, 3.05) is 18.5 Å². The molecule has 5 rings (SSSR count). The van der Waals surface area contributed by atoms with E-state index in [1.54, 1.807) is 12.4 Å². The van der Waals surface area contributed by atoms with Crippen molar-refractivity contribution in [1.82, 2.24) is 15.0 Å². The molecule has 0 bridgehead atoms. The zero-order chi connectivity index (χ0) is 18.1. The summed E-state index contributed by atoms with van der Waals surface area (Å²) in [5, 5.41) is 3.64. The van der Waals surface area contributed by atoms with Gasteiger partial charge in [-0.05, 0) is 49.4 Å². The number of aromatic nitrogens is 3. The fourth-order valence-corrected chi connectivity index (χ4v) is 4.06. The van der Waals surface area contributed by atoms with E-state index in [4.69, 9.17) is 14.7 Å². The highest BCUT2D eigenvalue weighted by atomic mass is 16.5. The van der Waals surface area contributed by atoms with Crippen molar-refractivity contribution in [3.05, 3.63) is 65.6 Å². The van der Waals surface area contributed by atoms with Gasteiger partial charge in [-0.2, -0.15) is 0 Å². The number of rotatable bonds is 4. The average molecular weight is 358 g/mol. The summed E-state index contributed by atoms with van der Waals surface area (Å²) in [6.45, 7) is 1.63. The Labute approximate surface area is 158 Å². The van der Waals surface area contributed by atoms with Crippen LogP contribution in [0.1, 0.15) is 35.6 Å².